The first-order valence-corrected chi connectivity index (χ1v) is 11.8. The van der Waals surface area contributed by atoms with Crippen LogP contribution in [0.2, 0.25) is 0 Å². The van der Waals surface area contributed by atoms with E-state index in [1.54, 1.807) is 7.11 Å². The normalized spacial score (nSPS) is 14.7. The topological polar surface area (TPSA) is 44.5 Å². The van der Waals surface area contributed by atoms with Crippen LogP contribution in [0.25, 0.3) is 11.1 Å². The largest absolute Gasteiger partial charge is 0.497 e. The summed E-state index contributed by atoms with van der Waals surface area (Å²) < 4.78 is 11.3. The molecule has 0 aromatic heterocycles. The van der Waals surface area contributed by atoms with Crippen molar-refractivity contribution in [2.24, 2.45) is 11.7 Å². The molecule has 1 atom stereocenters. The number of fused-ring (bicyclic) bond motifs is 1. The van der Waals surface area contributed by atoms with Crippen molar-refractivity contribution >= 4 is 0 Å². The first-order valence-electron chi connectivity index (χ1n) is 11.8. The highest BCUT2D eigenvalue weighted by Gasteiger charge is 2.18. The van der Waals surface area contributed by atoms with E-state index in [1.807, 2.05) is 12.1 Å². The first-order chi connectivity index (χ1) is 15.7. The van der Waals surface area contributed by atoms with Crippen LogP contribution in [0.5, 0.6) is 11.5 Å². The molecule has 1 unspecified atom stereocenters. The second-order valence-corrected chi connectivity index (χ2v) is 8.54. The van der Waals surface area contributed by atoms with Gasteiger partial charge < -0.3 is 15.2 Å². The van der Waals surface area contributed by atoms with Crippen LogP contribution < -0.4 is 15.2 Å². The fraction of sp³-hybridized carbons (Fsp3) is 0.379. The maximum absolute atomic E-state index is 6.07. The molecule has 0 fully saturated rings. The van der Waals surface area contributed by atoms with Gasteiger partial charge in [-0.3, -0.25) is 0 Å². The second kappa shape index (κ2) is 12.3. The Labute approximate surface area is 193 Å². The maximum atomic E-state index is 6.07. The Kier molecular flexibility index (Phi) is 9.18. The van der Waals surface area contributed by atoms with Crippen molar-refractivity contribution in [3.63, 3.8) is 0 Å². The highest BCUT2D eigenvalue weighted by Crippen LogP contribution is 2.30. The van der Waals surface area contributed by atoms with Gasteiger partial charge in [-0.1, -0.05) is 62.7 Å². The lowest BCUT2D eigenvalue weighted by Gasteiger charge is -2.24. The minimum absolute atomic E-state index is 0.581. The number of benzene rings is 3. The fourth-order valence-corrected chi connectivity index (χ4v) is 4.12. The van der Waals surface area contributed by atoms with Crippen LogP contribution in [0.4, 0.5) is 0 Å². The zero-order chi connectivity index (χ0) is 22.8. The van der Waals surface area contributed by atoms with E-state index >= 15 is 0 Å². The number of aryl methyl sites for hydroxylation is 1. The molecule has 3 nitrogen and oxygen atoms in total. The van der Waals surface area contributed by atoms with Crippen LogP contribution in [-0.4, -0.2) is 13.7 Å². The summed E-state index contributed by atoms with van der Waals surface area (Å²) in [6.45, 7) is 5.62. The van der Waals surface area contributed by atoms with Crippen molar-refractivity contribution in [1.82, 2.24) is 0 Å². The molecule has 0 spiro atoms. The smallest absolute Gasteiger partial charge is 0.120 e. The van der Waals surface area contributed by atoms with E-state index in [1.165, 1.54) is 40.7 Å². The van der Waals surface area contributed by atoms with E-state index in [2.05, 4.69) is 68.4 Å². The third kappa shape index (κ3) is 6.61. The lowest BCUT2D eigenvalue weighted by molar-refractivity contribution is 0.305. The summed E-state index contributed by atoms with van der Waals surface area (Å²) in [5.74, 6) is 2.57. The molecule has 0 heterocycles. The molecule has 3 heteroatoms. The van der Waals surface area contributed by atoms with Crippen LogP contribution in [0, 0.1) is 5.92 Å². The Morgan fingerprint density at radius 3 is 2.09 bits per heavy atom. The number of nitrogens with two attached hydrogens (primary N) is 1. The summed E-state index contributed by atoms with van der Waals surface area (Å²) in [7, 11) is 1.69. The Hall–Kier alpha value is -2.78. The van der Waals surface area contributed by atoms with Gasteiger partial charge in [0.15, 0.2) is 0 Å². The van der Waals surface area contributed by atoms with E-state index in [0.717, 1.165) is 43.2 Å². The summed E-state index contributed by atoms with van der Waals surface area (Å²) in [5.41, 5.74) is 12.2. The van der Waals surface area contributed by atoms with Crippen LogP contribution in [0.15, 0.2) is 66.7 Å². The Balaban J connectivity index is 0.000000913. The number of ether oxygens (including phenoxy) is 2. The lowest BCUT2D eigenvalue weighted by Crippen LogP contribution is -2.17. The van der Waals surface area contributed by atoms with E-state index < -0.39 is 0 Å². The molecule has 0 saturated carbocycles. The van der Waals surface area contributed by atoms with Crippen LogP contribution >= 0.6 is 0 Å². The second-order valence-electron chi connectivity index (χ2n) is 8.54. The molecular formula is C29H37NO2. The third-order valence-corrected chi connectivity index (χ3v) is 5.87. The minimum atomic E-state index is 0.581. The molecule has 1 aliphatic rings. The van der Waals surface area contributed by atoms with Crippen molar-refractivity contribution in [3.05, 3.63) is 83.4 Å². The zero-order valence-electron chi connectivity index (χ0n) is 19.8. The molecule has 0 bridgehead atoms. The van der Waals surface area contributed by atoms with Gasteiger partial charge in [-0.15, -0.1) is 0 Å². The third-order valence-electron chi connectivity index (χ3n) is 5.87. The molecule has 0 aliphatic heterocycles. The van der Waals surface area contributed by atoms with Gasteiger partial charge in [0, 0.05) is 0 Å². The van der Waals surface area contributed by atoms with Crippen molar-refractivity contribution in [3.8, 4) is 22.6 Å². The number of rotatable bonds is 7. The molecular weight excluding hydrogens is 394 g/mol. The molecule has 3 aromatic carbocycles. The van der Waals surface area contributed by atoms with Gasteiger partial charge in [0.1, 0.15) is 18.1 Å². The zero-order valence-corrected chi connectivity index (χ0v) is 19.8. The highest BCUT2D eigenvalue weighted by atomic mass is 16.5. The number of methoxy groups -OCH3 is 1. The summed E-state index contributed by atoms with van der Waals surface area (Å²) in [5, 5.41) is 0. The lowest BCUT2D eigenvalue weighted by atomic mass is 9.82. The van der Waals surface area contributed by atoms with Crippen LogP contribution in [0.3, 0.4) is 0 Å². The summed E-state index contributed by atoms with van der Waals surface area (Å²) in [4.78, 5) is 0. The predicted molar refractivity (Wildman–Crippen MR) is 134 cm³/mol. The van der Waals surface area contributed by atoms with Gasteiger partial charge in [-0.25, -0.2) is 0 Å². The van der Waals surface area contributed by atoms with Crippen molar-refractivity contribution in [2.75, 3.05) is 13.7 Å². The van der Waals surface area contributed by atoms with E-state index in [4.69, 9.17) is 15.2 Å². The molecule has 4 rings (SSSR count). The van der Waals surface area contributed by atoms with E-state index in [-0.39, 0.29) is 0 Å². The van der Waals surface area contributed by atoms with Crippen molar-refractivity contribution in [1.29, 1.82) is 0 Å². The molecule has 0 amide bonds. The Bertz CT molecular complexity index is 948. The van der Waals surface area contributed by atoms with Crippen molar-refractivity contribution < 1.29 is 9.47 Å². The monoisotopic (exact) mass is 431 g/mol. The number of hydrogen-bond donors (Lipinski definition) is 1. The molecule has 1 aliphatic carbocycles. The highest BCUT2D eigenvalue weighted by molar-refractivity contribution is 5.64. The van der Waals surface area contributed by atoms with Crippen molar-refractivity contribution in [2.45, 2.75) is 52.6 Å². The summed E-state index contributed by atoms with van der Waals surface area (Å²) in [6, 6.07) is 23.3. The van der Waals surface area contributed by atoms with Crippen LogP contribution in [-0.2, 0) is 19.4 Å². The van der Waals surface area contributed by atoms with Gasteiger partial charge in [0.25, 0.3) is 0 Å². The Morgan fingerprint density at radius 1 is 0.844 bits per heavy atom. The SMILES string of the molecule is CCC.COc1ccc(-c2ccc(COc3ccc4c(c3)CCC(CCN)C4)cc2)cc1. The molecule has 0 radical (unpaired) electrons. The molecule has 2 N–H and O–H groups in total. The van der Waals surface area contributed by atoms with Gasteiger partial charge >= 0.3 is 0 Å². The molecule has 32 heavy (non-hydrogen) atoms. The van der Waals surface area contributed by atoms with Gasteiger partial charge in [0.05, 0.1) is 7.11 Å². The molecule has 0 saturated heterocycles. The van der Waals surface area contributed by atoms with Crippen LogP contribution in [0.1, 0.15) is 49.8 Å². The average molecular weight is 432 g/mol. The first kappa shape index (κ1) is 23.9. The summed E-state index contributed by atoms with van der Waals surface area (Å²) >= 11 is 0. The fourth-order valence-electron chi connectivity index (χ4n) is 4.12. The maximum Gasteiger partial charge on any atom is 0.120 e. The standard InChI is InChI=1S/C26H29NO2.C3H8/c1-28-25-11-8-22(9-12-25)21-5-3-20(4-6-21)18-29-26-13-10-23-16-19(14-15-27)2-7-24(23)17-26;1-3-2/h3-6,8-13,17,19H,2,7,14-16,18,27H2,1H3;3H2,1-2H3. The van der Waals surface area contributed by atoms with E-state index in [9.17, 15) is 0 Å². The van der Waals surface area contributed by atoms with Gasteiger partial charge in [-0.05, 0) is 90.2 Å². The van der Waals surface area contributed by atoms with Gasteiger partial charge in [0.2, 0.25) is 0 Å². The molecule has 3 aromatic rings. The van der Waals surface area contributed by atoms with E-state index in [0.29, 0.717) is 6.61 Å². The molecule has 170 valence electrons. The predicted octanol–water partition coefficient (Wildman–Crippen LogP) is 6.81. The van der Waals surface area contributed by atoms with Gasteiger partial charge in [-0.2, -0.15) is 0 Å². The average Bonchev–Trinajstić information content (AvgIpc) is 2.84. The quantitative estimate of drug-likeness (QED) is 0.447. The minimum Gasteiger partial charge on any atom is -0.497 e. The number of hydrogen-bond acceptors (Lipinski definition) is 3. The Morgan fingerprint density at radius 2 is 1.47 bits per heavy atom. The summed E-state index contributed by atoms with van der Waals surface area (Å²) in [6.07, 6.45) is 5.90.